The van der Waals surface area contributed by atoms with Gasteiger partial charge in [-0.2, -0.15) is 10.2 Å². The van der Waals surface area contributed by atoms with Crippen molar-refractivity contribution in [3.05, 3.63) is 17.1 Å². The van der Waals surface area contributed by atoms with Crippen LogP contribution in [0.4, 0.5) is 5.82 Å². The summed E-state index contributed by atoms with van der Waals surface area (Å²) in [6.07, 6.45) is 2.00. The number of aromatic nitrogens is 3. The quantitative estimate of drug-likeness (QED) is 0.683. The standard InChI is InChI=1S/C25H34N8O2/c1-15-22(34)30-25(23(35)27-15)6-8-32(9-7-25)14-17-16(12-24(2,3)4)19-20-21(29-18(13-26)28-19)31(5)10-11-33(17)20/h15H,6-12,14H2,1-5H3,(H,27,35)(H,30,34). The van der Waals surface area contributed by atoms with Gasteiger partial charge in [-0.05, 0) is 31.6 Å². The molecule has 2 fully saturated rings. The molecule has 1 unspecified atom stereocenters. The molecule has 0 aliphatic carbocycles. The summed E-state index contributed by atoms with van der Waals surface area (Å²) in [6.45, 7) is 12.2. The van der Waals surface area contributed by atoms with E-state index in [1.807, 2.05) is 7.05 Å². The van der Waals surface area contributed by atoms with Gasteiger partial charge >= 0.3 is 0 Å². The van der Waals surface area contributed by atoms with Gasteiger partial charge in [0.2, 0.25) is 17.6 Å². The van der Waals surface area contributed by atoms with Crippen LogP contribution in [0.3, 0.4) is 0 Å². The molecule has 3 aliphatic rings. The monoisotopic (exact) mass is 478 g/mol. The first-order valence-corrected chi connectivity index (χ1v) is 12.4. The Kier molecular flexibility index (Phi) is 5.51. The van der Waals surface area contributed by atoms with Crippen LogP contribution in [0, 0.1) is 16.7 Å². The van der Waals surface area contributed by atoms with Gasteiger partial charge in [0.25, 0.3) is 0 Å². The van der Waals surface area contributed by atoms with Crippen molar-refractivity contribution in [1.82, 2.24) is 30.1 Å². The molecule has 186 valence electrons. The molecular weight excluding hydrogens is 444 g/mol. The van der Waals surface area contributed by atoms with Crippen LogP contribution in [0.2, 0.25) is 0 Å². The number of nitrogens with one attached hydrogen (secondary N) is 2. The molecule has 2 N–H and O–H groups in total. The fourth-order valence-corrected chi connectivity index (χ4v) is 5.61. The topological polar surface area (TPSA) is 119 Å². The molecule has 5 heterocycles. The number of carbonyl (C=O) groups is 2. The van der Waals surface area contributed by atoms with Crippen LogP contribution < -0.4 is 15.5 Å². The van der Waals surface area contributed by atoms with E-state index in [0.29, 0.717) is 25.9 Å². The highest BCUT2D eigenvalue weighted by Gasteiger charge is 2.47. The number of carbonyl (C=O) groups excluding carboxylic acids is 2. The second-order valence-corrected chi connectivity index (χ2v) is 11.5. The summed E-state index contributed by atoms with van der Waals surface area (Å²) >= 11 is 0. The van der Waals surface area contributed by atoms with E-state index in [1.165, 1.54) is 11.3 Å². The van der Waals surface area contributed by atoms with Crippen molar-refractivity contribution >= 4 is 28.7 Å². The summed E-state index contributed by atoms with van der Waals surface area (Å²) in [4.78, 5) is 38.7. The molecule has 0 radical (unpaired) electrons. The van der Waals surface area contributed by atoms with Gasteiger partial charge in [0, 0.05) is 51.0 Å². The van der Waals surface area contributed by atoms with E-state index in [4.69, 9.17) is 0 Å². The average Bonchev–Trinajstić information content (AvgIpc) is 3.08. The molecule has 35 heavy (non-hydrogen) atoms. The van der Waals surface area contributed by atoms with Crippen LogP contribution in [0.1, 0.15) is 57.6 Å². The van der Waals surface area contributed by atoms with Crippen LogP contribution in [0.25, 0.3) is 11.0 Å². The van der Waals surface area contributed by atoms with Crippen LogP contribution >= 0.6 is 0 Å². The molecule has 5 rings (SSSR count). The van der Waals surface area contributed by atoms with Gasteiger partial charge in [-0.25, -0.2) is 4.98 Å². The summed E-state index contributed by atoms with van der Waals surface area (Å²) in [5, 5.41) is 15.4. The van der Waals surface area contributed by atoms with Crippen LogP contribution in [0.5, 0.6) is 0 Å². The van der Waals surface area contributed by atoms with E-state index in [9.17, 15) is 14.9 Å². The van der Waals surface area contributed by atoms with Gasteiger partial charge < -0.3 is 20.1 Å². The summed E-state index contributed by atoms with van der Waals surface area (Å²) < 4.78 is 2.34. The van der Waals surface area contributed by atoms with Gasteiger partial charge in [0.05, 0.1) is 5.52 Å². The largest absolute Gasteiger partial charge is 0.356 e. The second-order valence-electron chi connectivity index (χ2n) is 11.5. The number of hydrogen-bond acceptors (Lipinski definition) is 7. The molecule has 1 atom stereocenters. The zero-order valence-electron chi connectivity index (χ0n) is 21.2. The lowest BCUT2D eigenvalue weighted by Gasteiger charge is -2.44. The number of nitrogens with zero attached hydrogens (tertiary/aromatic N) is 6. The Morgan fingerprint density at radius 1 is 1.14 bits per heavy atom. The number of piperazine rings is 1. The fraction of sp³-hybridized carbons (Fsp3) is 0.640. The predicted octanol–water partition coefficient (Wildman–Crippen LogP) is 1.31. The Bertz CT molecular complexity index is 1240. The number of hydrogen-bond donors (Lipinski definition) is 2. The van der Waals surface area contributed by atoms with Crippen LogP contribution in [0.15, 0.2) is 0 Å². The third-order valence-electron chi connectivity index (χ3n) is 7.54. The first kappa shape index (κ1) is 23.5. The van der Waals surface area contributed by atoms with Gasteiger partial charge in [-0.1, -0.05) is 20.8 Å². The van der Waals surface area contributed by atoms with E-state index in [1.54, 1.807) is 6.92 Å². The maximum absolute atomic E-state index is 12.8. The molecule has 0 saturated carbocycles. The first-order valence-electron chi connectivity index (χ1n) is 12.4. The zero-order chi connectivity index (χ0) is 25.1. The van der Waals surface area contributed by atoms with Gasteiger partial charge in [0.1, 0.15) is 23.2 Å². The number of likely N-dealkylation sites (N-methyl/N-ethyl adjacent to an activating group) is 1. The van der Waals surface area contributed by atoms with Gasteiger partial charge in [0.15, 0.2) is 5.82 Å². The number of piperidine rings is 1. The number of amides is 2. The average molecular weight is 479 g/mol. The second kappa shape index (κ2) is 8.19. The number of nitriles is 1. The maximum atomic E-state index is 12.8. The molecule has 1 spiro atoms. The molecule has 2 amide bonds. The lowest BCUT2D eigenvalue weighted by atomic mass is 9.84. The van der Waals surface area contributed by atoms with E-state index >= 15 is 0 Å². The number of likely N-dealkylation sites (tertiary alicyclic amines) is 1. The number of rotatable bonds is 3. The molecule has 2 aromatic rings. The van der Waals surface area contributed by atoms with Crippen LogP contribution in [-0.4, -0.2) is 69.5 Å². The normalized spacial score (nSPS) is 22.3. The SMILES string of the molecule is CC1NC(=O)C2(CCN(Cc3c(CC(C)(C)C)c4nc(C#N)nc5c4n3CCN5C)CC2)NC1=O. The Labute approximate surface area is 205 Å². The van der Waals surface area contributed by atoms with E-state index < -0.39 is 11.6 Å². The van der Waals surface area contributed by atoms with E-state index in [2.05, 4.69) is 61.8 Å². The Balaban J connectivity index is 1.49. The first-order chi connectivity index (χ1) is 16.5. The zero-order valence-corrected chi connectivity index (χ0v) is 21.2. The molecule has 10 heteroatoms. The predicted molar refractivity (Wildman–Crippen MR) is 132 cm³/mol. The molecule has 2 saturated heterocycles. The minimum atomic E-state index is -0.810. The molecule has 10 nitrogen and oxygen atoms in total. The summed E-state index contributed by atoms with van der Waals surface area (Å²) in [7, 11) is 2.01. The Morgan fingerprint density at radius 2 is 1.86 bits per heavy atom. The third-order valence-corrected chi connectivity index (χ3v) is 7.54. The maximum Gasteiger partial charge on any atom is 0.246 e. The number of anilines is 1. The summed E-state index contributed by atoms with van der Waals surface area (Å²) in [6, 6.07) is 1.65. The van der Waals surface area contributed by atoms with E-state index in [0.717, 1.165) is 42.9 Å². The Morgan fingerprint density at radius 3 is 2.51 bits per heavy atom. The lowest BCUT2D eigenvalue weighted by Crippen LogP contribution is -2.71. The van der Waals surface area contributed by atoms with E-state index in [-0.39, 0.29) is 23.1 Å². The molecule has 2 aromatic heterocycles. The van der Waals surface area contributed by atoms with Crippen molar-refractivity contribution < 1.29 is 9.59 Å². The summed E-state index contributed by atoms with van der Waals surface area (Å²) in [5.74, 6) is 0.824. The van der Waals surface area contributed by atoms with Crippen molar-refractivity contribution in [3.63, 3.8) is 0 Å². The molecule has 0 bridgehead atoms. The fourth-order valence-electron chi connectivity index (χ4n) is 5.61. The summed E-state index contributed by atoms with van der Waals surface area (Å²) in [5.41, 5.74) is 3.52. The Hall–Kier alpha value is -3.19. The smallest absolute Gasteiger partial charge is 0.246 e. The van der Waals surface area contributed by atoms with Crippen molar-refractivity contribution in [2.75, 3.05) is 31.6 Å². The lowest BCUT2D eigenvalue weighted by molar-refractivity contribution is -0.143. The minimum Gasteiger partial charge on any atom is -0.356 e. The molecular formula is C25H34N8O2. The third kappa shape index (κ3) is 4.01. The van der Waals surface area contributed by atoms with Gasteiger partial charge in [-0.15, -0.1) is 0 Å². The highest BCUT2D eigenvalue weighted by Crippen LogP contribution is 2.38. The van der Waals surface area contributed by atoms with Crippen molar-refractivity contribution in [3.8, 4) is 6.07 Å². The van der Waals surface area contributed by atoms with Crippen molar-refractivity contribution in [2.24, 2.45) is 5.41 Å². The molecule has 0 aromatic carbocycles. The highest BCUT2D eigenvalue weighted by molar-refractivity contribution is 5.99. The molecule has 3 aliphatic heterocycles. The van der Waals surface area contributed by atoms with Crippen molar-refractivity contribution in [1.29, 1.82) is 5.26 Å². The minimum absolute atomic E-state index is 0.0405. The van der Waals surface area contributed by atoms with Crippen molar-refractivity contribution in [2.45, 2.75) is 71.6 Å². The van der Waals surface area contributed by atoms with Gasteiger partial charge in [-0.3, -0.25) is 14.5 Å². The highest BCUT2D eigenvalue weighted by atomic mass is 16.2. The van der Waals surface area contributed by atoms with Crippen LogP contribution in [-0.2, 0) is 29.1 Å².